The Hall–Kier alpha value is -0.930. The first-order chi connectivity index (χ1) is 3.41. The van der Waals surface area contributed by atoms with Gasteiger partial charge in [0.1, 0.15) is 6.61 Å². The summed E-state index contributed by atoms with van der Waals surface area (Å²) in [7, 11) is 0. The summed E-state index contributed by atoms with van der Waals surface area (Å²) in [5.74, 6) is 0. The Balaban J connectivity index is 0. The van der Waals surface area contributed by atoms with Crippen LogP contribution in [-0.4, -0.2) is 13.1 Å². The molecule has 0 saturated heterocycles. The van der Waals surface area contributed by atoms with Crippen LogP contribution in [0.2, 0.25) is 0 Å². The first kappa shape index (κ1) is 10.1. The molecular weight excluding hydrogens is 118 g/mol. The minimum Gasteiger partial charge on any atom is -0.464 e. The van der Waals surface area contributed by atoms with Crippen molar-refractivity contribution >= 4 is 6.47 Å². The van der Waals surface area contributed by atoms with E-state index in [-0.39, 0.29) is 17.8 Å². The molecule has 0 aromatic carbocycles. The van der Waals surface area contributed by atoms with Crippen molar-refractivity contribution in [1.29, 1.82) is 0 Å². The molecule has 0 unspecified atom stereocenters. The number of carbonyl (C=O) groups excluding carboxylic acids is 1. The molecule has 2 nitrogen and oxygen atoms in total. The largest absolute Gasteiger partial charge is 0.464 e. The van der Waals surface area contributed by atoms with E-state index in [0.29, 0.717) is 6.33 Å². The van der Waals surface area contributed by atoms with Crippen molar-refractivity contribution in [2.45, 2.75) is 0 Å². The molecule has 0 radical (unpaired) electrons. The SMILES string of the molecule is F.O=COCC=CF. The summed E-state index contributed by atoms with van der Waals surface area (Å²) in [5, 5.41) is 0. The molecule has 0 aromatic rings. The molecule has 8 heavy (non-hydrogen) atoms. The fourth-order valence-corrected chi connectivity index (χ4v) is 0.131. The van der Waals surface area contributed by atoms with Gasteiger partial charge in [0, 0.05) is 0 Å². The molecule has 48 valence electrons. The lowest BCUT2D eigenvalue weighted by Crippen LogP contribution is -1.83. The van der Waals surface area contributed by atoms with E-state index in [0.717, 1.165) is 6.08 Å². The first-order valence-electron chi connectivity index (χ1n) is 1.72. The van der Waals surface area contributed by atoms with Gasteiger partial charge >= 0.3 is 0 Å². The van der Waals surface area contributed by atoms with Gasteiger partial charge in [-0.2, -0.15) is 0 Å². The number of hydrogen-bond acceptors (Lipinski definition) is 2. The van der Waals surface area contributed by atoms with Gasteiger partial charge in [-0.15, -0.1) is 0 Å². The van der Waals surface area contributed by atoms with Crippen LogP contribution in [0.15, 0.2) is 12.4 Å². The Labute approximate surface area is 45.3 Å². The van der Waals surface area contributed by atoms with E-state index in [2.05, 4.69) is 4.74 Å². The van der Waals surface area contributed by atoms with Crippen LogP contribution in [-0.2, 0) is 9.53 Å². The summed E-state index contributed by atoms with van der Waals surface area (Å²) in [4.78, 5) is 9.30. The maximum absolute atomic E-state index is 10.9. The van der Waals surface area contributed by atoms with Gasteiger partial charge in [-0.3, -0.25) is 9.50 Å². The summed E-state index contributed by atoms with van der Waals surface area (Å²) < 4.78 is 15.0. The minimum atomic E-state index is 0. The zero-order chi connectivity index (χ0) is 5.54. The molecule has 0 saturated carbocycles. The summed E-state index contributed by atoms with van der Waals surface area (Å²) in [6.45, 7) is 0.278. The molecule has 0 bridgehead atoms. The summed E-state index contributed by atoms with van der Waals surface area (Å²) in [6, 6.07) is 0. The Morgan fingerprint density at radius 1 is 1.62 bits per heavy atom. The van der Waals surface area contributed by atoms with Crippen molar-refractivity contribution in [3.8, 4) is 0 Å². The molecule has 0 atom stereocenters. The van der Waals surface area contributed by atoms with Crippen LogP contribution in [0.25, 0.3) is 0 Å². The van der Waals surface area contributed by atoms with Gasteiger partial charge in [0.2, 0.25) is 0 Å². The highest BCUT2D eigenvalue weighted by Crippen LogP contribution is 1.72. The fourth-order valence-electron chi connectivity index (χ4n) is 0.131. The quantitative estimate of drug-likeness (QED) is 0.410. The van der Waals surface area contributed by atoms with Crippen molar-refractivity contribution in [1.82, 2.24) is 0 Å². The predicted octanol–water partition coefficient (Wildman–Crippen LogP) is 0.795. The number of ether oxygens (including phenoxy) is 1. The number of rotatable bonds is 3. The zero-order valence-corrected chi connectivity index (χ0v) is 4.04. The van der Waals surface area contributed by atoms with Gasteiger partial charge in [-0.25, -0.2) is 4.39 Å². The molecule has 0 amide bonds. The van der Waals surface area contributed by atoms with Crippen molar-refractivity contribution in [3.05, 3.63) is 12.4 Å². The molecule has 0 spiro atoms. The van der Waals surface area contributed by atoms with Crippen LogP contribution < -0.4 is 0 Å². The first-order valence-corrected chi connectivity index (χ1v) is 1.72. The highest BCUT2D eigenvalue weighted by Gasteiger charge is 1.70. The van der Waals surface area contributed by atoms with Gasteiger partial charge < -0.3 is 4.74 Å². The second kappa shape index (κ2) is 9.42. The zero-order valence-electron chi connectivity index (χ0n) is 4.04. The summed E-state index contributed by atoms with van der Waals surface area (Å²) >= 11 is 0. The van der Waals surface area contributed by atoms with Crippen molar-refractivity contribution in [3.63, 3.8) is 0 Å². The molecule has 0 aliphatic rings. The van der Waals surface area contributed by atoms with Gasteiger partial charge in [0.25, 0.3) is 6.47 Å². The predicted molar refractivity (Wildman–Crippen MR) is 24.8 cm³/mol. The summed E-state index contributed by atoms with van der Waals surface area (Å²) in [6.07, 6.45) is 1.41. The highest BCUT2D eigenvalue weighted by molar-refractivity contribution is 5.37. The van der Waals surface area contributed by atoms with E-state index in [4.69, 9.17) is 0 Å². The van der Waals surface area contributed by atoms with Gasteiger partial charge in [0.05, 0.1) is 6.33 Å². The second-order valence-electron chi connectivity index (χ2n) is 0.791. The number of halogens is 2. The maximum Gasteiger partial charge on any atom is 0.293 e. The molecule has 0 rings (SSSR count). The lowest BCUT2D eigenvalue weighted by molar-refractivity contribution is -0.127. The van der Waals surface area contributed by atoms with Gasteiger partial charge in [-0.05, 0) is 6.08 Å². The van der Waals surface area contributed by atoms with Crippen molar-refractivity contribution in [2.24, 2.45) is 0 Å². The van der Waals surface area contributed by atoms with E-state index >= 15 is 0 Å². The summed E-state index contributed by atoms with van der Waals surface area (Å²) in [5.41, 5.74) is 0. The number of carbonyl (C=O) groups is 1. The van der Waals surface area contributed by atoms with Crippen molar-refractivity contribution < 1.29 is 18.6 Å². The Morgan fingerprint density at radius 3 is 2.62 bits per heavy atom. The van der Waals surface area contributed by atoms with Gasteiger partial charge in [-0.1, -0.05) is 0 Å². The lowest BCUT2D eigenvalue weighted by Gasteiger charge is -1.83. The molecule has 4 heteroatoms. The van der Waals surface area contributed by atoms with E-state index in [1.165, 1.54) is 0 Å². The van der Waals surface area contributed by atoms with Crippen LogP contribution in [0.4, 0.5) is 9.09 Å². The van der Waals surface area contributed by atoms with Crippen LogP contribution in [0.5, 0.6) is 0 Å². The third kappa shape index (κ3) is 8.91. The lowest BCUT2D eigenvalue weighted by atomic mass is 10.7. The molecule has 0 aromatic heterocycles. The molecular formula is C4H6F2O2. The van der Waals surface area contributed by atoms with E-state index in [1.54, 1.807) is 0 Å². The Morgan fingerprint density at radius 2 is 2.25 bits per heavy atom. The molecule has 0 heterocycles. The van der Waals surface area contributed by atoms with E-state index in [9.17, 15) is 9.18 Å². The third-order valence-corrected chi connectivity index (χ3v) is 0.350. The number of hydrogen-bond donors (Lipinski definition) is 0. The highest BCUT2D eigenvalue weighted by atomic mass is 19.1. The monoisotopic (exact) mass is 124 g/mol. The maximum atomic E-state index is 10.9. The average molecular weight is 124 g/mol. The molecule has 0 N–H and O–H groups in total. The van der Waals surface area contributed by atoms with Crippen LogP contribution >= 0.6 is 0 Å². The van der Waals surface area contributed by atoms with E-state index < -0.39 is 0 Å². The van der Waals surface area contributed by atoms with Crippen LogP contribution in [0.1, 0.15) is 0 Å². The molecule has 0 aliphatic heterocycles. The topological polar surface area (TPSA) is 26.3 Å². The third-order valence-electron chi connectivity index (χ3n) is 0.350. The van der Waals surface area contributed by atoms with Gasteiger partial charge in [0.15, 0.2) is 0 Å². The fraction of sp³-hybridized carbons (Fsp3) is 0.250. The molecule has 0 aliphatic carbocycles. The van der Waals surface area contributed by atoms with Crippen LogP contribution in [0.3, 0.4) is 0 Å². The van der Waals surface area contributed by atoms with E-state index in [1.807, 2.05) is 0 Å². The second-order valence-corrected chi connectivity index (χ2v) is 0.791. The molecule has 0 fully saturated rings. The standard InChI is InChI=1S/C4H5FO2.FH/c5-2-1-3-7-4-6;/h1-2,4H,3H2;1H. The Kier molecular flexibility index (Phi) is 11.9. The van der Waals surface area contributed by atoms with Crippen LogP contribution in [0, 0.1) is 0 Å². The normalized spacial score (nSPS) is 8.12. The Bertz CT molecular complexity index is 72.4. The average Bonchev–Trinajstić information content (AvgIpc) is 1.69. The smallest absolute Gasteiger partial charge is 0.293 e. The van der Waals surface area contributed by atoms with Crippen molar-refractivity contribution in [2.75, 3.05) is 6.61 Å². The minimum absolute atomic E-state index is 0.